The molecule has 0 aliphatic rings. The summed E-state index contributed by atoms with van der Waals surface area (Å²) in [6, 6.07) is 16.6. The van der Waals surface area contributed by atoms with Crippen molar-refractivity contribution in [2.24, 2.45) is 0 Å². The molecule has 0 saturated carbocycles. The SMILES string of the molecule is N#Cc1cccc2c(-c3cccc(O)c3)ccnc12. The third-order valence-electron chi connectivity index (χ3n) is 3.05. The standard InChI is InChI=1S/C16H10N2O/c17-10-12-4-2-6-15-14(7-8-18-16(12)15)11-3-1-5-13(19)9-11/h1-9,19H. The van der Waals surface area contributed by atoms with E-state index in [1.807, 2.05) is 24.3 Å². The van der Waals surface area contributed by atoms with Crippen molar-refractivity contribution < 1.29 is 5.11 Å². The van der Waals surface area contributed by atoms with Crippen LogP contribution in [-0.2, 0) is 0 Å². The number of nitrogens with zero attached hydrogens (tertiary/aromatic N) is 2. The zero-order valence-electron chi connectivity index (χ0n) is 10.0. The fourth-order valence-electron chi connectivity index (χ4n) is 2.19. The Kier molecular flexibility index (Phi) is 2.62. The van der Waals surface area contributed by atoms with E-state index in [1.165, 1.54) is 0 Å². The molecule has 3 aromatic rings. The van der Waals surface area contributed by atoms with Gasteiger partial charge in [0.05, 0.1) is 11.1 Å². The Morgan fingerprint density at radius 1 is 1.05 bits per heavy atom. The number of nitriles is 1. The van der Waals surface area contributed by atoms with Crippen LogP contribution in [0.4, 0.5) is 0 Å². The highest BCUT2D eigenvalue weighted by atomic mass is 16.3. The molecule has 0 aliphatic heterocycles. The number of aromatic nitrogens is 1. The van der Waals surface area contributed by atoms with Gasteiger partial charge in [-0.3, -0.25) is 4.98 Å². The second kappa shape index (κ2) is 4.43. The molecule has 0 fully saturated rings. The molecular formula is C16H10N2O. The first-order valence-corrected chi connectivity index (χ1v) is 5.87. The van der Waals surface area contributed by atoms with Gasteiger partial charge in [0.2, 0.25) is 0 Å². The van der Waals surface area contributed by atoms with Crippen LogP contribution in [0.2, 0.25) is 0 Å². The number of rotatable bonds is 1. The predicted octanol–water partition coefficient (Wildman–Crippen LogP) is 3.48. The molecule has 0 bridgehead atoms. The summed E-state index contributed by atoms with van der Waals surface area (Å²) >= 11 is 0. The van der Waals surface area contributed by atoms with E-state index in [2.05, 4.69) is 11.1 Å². The molecule has 0 radical (unpaired) electrons. The van der Waals surface area contributed by atoms with Gasteiger partial charge < -0.3 is 5.11 Å². The molecule has 0 aliphatic carbocycles. The van der Waals surface area contributed by atoms with E-state index in [0.29, 0.717) is 11.1 Å². The van der Waals surface area contributed by atoms with Gasteiger partial charge in [0.25, 0.3) is 0 Å². The molecule has 0 spiro atoms. The zero-order chi connectivity index (χ0) is 13.2. The quantitative estimate of drug-likeness (QED) is 0.715. The van der Waals surface area contributed by atoms with Gasteiger partial charge in [-0.1, -0.05) is 24.3 Å². The number of hydrogen-bond donors (Lipinski definition) is 1. The van der Waals surface area contributed by atoms with E-state index >= 15 is 0 Å². The number of pyridine rings is 1. The van der Waals surface area contributed by atoms with Gasteiger partial charge in [-0.25, -0.2) is 0 Å². The highest BCUT2D eigenvalue weighted by molar-refractivity contribution is 5.96. The van der Waals surface area contributed by atoms with Crippen LogP contribution in [0.5, 0.6) is 5.75 Å². The minimum absolute atomic E-state index is 0.221. The van der Waals surface area contributed by atoms with E-state index in [1.54, 1.807) is 30.5 Å². The molecule has 0 unspecified atom stereocenters. The second-order valence-electron chi connectivity index (χ2n) is 4.22. The first-order valence-electron chi connectivity index (χ1n) is 5.87. The van der Waals surface area contributed by atoms with Crippen molar-refractivity contribution in [3.63, 3.8) is 0 Å². The third-order valence-corrected chi connectivity index (χ3v) is 3.05. The molecule has 3 rings (SSSR count). The Morgan fingerprint density at radius 3 is 2.68 bits per heavy atom. The molecule has 0 atom stereocenters. The van der Waals surface area contributed by atoms with Crippen LogP contribution >= 0.6 is 0 Å². The number of hydrogen-bond acceptors (Lipinski definition) is 3. The van der Waals surface area contributed by atoms with Gasteiger partial charge in [-0.2, -0.15) is 5.26 Å². The fraction of sp³-hybridized carbons (Fsp3) is 0. The summed E-state index contributed by atoms with van der Waals surface area (Å²) in [6.07, 6.45) is 1.68. The normalized spacial score (nSPS) is 10.3. The van der Waals surface area contributed by atoms with Gasteiger partial charge in [-0.05, 0) is 35.4 Å². The summed E-state index contributed by atoms with van der Waals surface area (Å²) in [4.78, 5) is 4.28. The Bertz CT molecular complexity index is 803. The maximum absolute atomic E-state index is 9.58. The van der Waals surface area contributed by atoms with Crippen LogP contribution in [0.15, 0.2) is 54.7 Å². The largest absolute Gasteiger partial charge is 0.508 e. The highest BCUT2D eigenvalue weighted by Gasteiger charge is 2.07. The molecule has 1 heterocycles. The van der Waals surface area contributed by atoms with Crippen molar-refractivity contribution in [1.82, 2.24) is 4.98 Å². The van der Waals surface area contributed by atoms with Crippen LogP contribution < -0.4 is 0 Å². The van der Waals surface area contributed by atoms with Crippen molar-refractivity contribution >= 4 is 10.9 Å². The Labute approximate surface area is 110 Å². The summed E-state index contributed by atoms with van der Waals surface area (Å²) in [7, 11) is 0. The maximum Gasteiger partial charge on any atom is 0.116 e. The van der Waals surface area contributed by atoms with Crippen LogP contribution in [0.25, 0.3) is 22.0 Å². The van der Waals surface area contributed by atoms with E-state index < -0.39 is 0 Å². The fourth-order valence-corrected chi connectivity index (χ4v) is 2.19. The van der Waals surface area contributed by atoms with E-state index in [0.717, 1.165) is 16.5 Å². The summed E-state index contributed by atoms with van der Waals surface area (Å²) < 4.78 is 0. The number of para-hydroxylation sites is 1. The van der Waals surface area contributed by atoms with Gasteiger partial charge in [0.15, 0.2) is 0 Å². The highest BCUT2D eigenvalue weighted by Crippen LogP contribution is 2.30. The van der Waals surface area contributed by atoms with Crippen molar-refractivity contribution in [2.75, 3.05) is 0 Å². The third kappa shape index (κ3) is 1.90. The topological polar surface area (TPSA) is 56.9 Å². The van der Waals surface area contributed by atoms with Crippen molar-refractivity contribution in [3.8, 4) is 22.9 Å². The smallest absolute Gasteiger partial charge is 0.116 e. The molecule has 0 amide bonds. The Morgan fingerprint density at radius 2 is 1.89 bits per heavy atom. The summed E-state index contributed by atoms with van der Waals surface area (Å²) in [5.41, 5.74) is 3.10. The molecule has 90 valence electrons. The van der Waals surface area contributed by atoms with Gasteiger partial charge in [-0.15, -0.1) is 0 Å². The lowest BCUT2D eigenvalue weighted by atomic mass is 9.99. The lowest BCUT2D eigenvalue weighted by Gasteiger charge is -2.07. The minimum Gasteiger partial charge on any atom is -0.508 e. The first-order chi connectivity index (χ1) is 9.29. The Balaban J connectivity index is 2.34. The lowest BCUT2D eigenvalue weighted by molar-refractivity contribution is 0.475. The molecule has 1 aromatic heterocycles. The molecule has 2 aromatic carbocycles. The summed E-state index contributed by atoms with van der Waals surface area (Å²) in [5, 5.41) is 19.6. The van der Waals surface area contributed by atoms with Gasteiger partial charge >= 0.3 is 0 Å². The maximum atomic E-state index is 9.58. The number of fused-ring (bicyclic) bond motifs is 1. The van der Waals surface area contributed by atoms with Crippen LogP contribution in [0.1, 0.15) is 5.56 Å². The predicted molar refractivity (Wildman–Crippen MR) is 73.6 cm³/mol. The number of aromatic hydroxyl groups is 1. The minimum atomic E-state index is 0.221. The molecule has 19 heavy (non-hydrogen) atoms. The zero-order valence-corrected chi connectivity index (χ0v) is 10.0. The van der Waals surface area contributed by atoms with Crippen LogP contribution in [0.3, 0.4) is 0 Å². The number of phenolic OH excluding ortho intramolecular Hbond substituents is 1. The van der Waals surface area contributed by atoms with Crippen LogP contribution in [-0.4, -0.2) is 10.1 Å². The van der Waals surface area contributed by atoms with Gasteiger partial charge in [0, 0.05) is 11.6 Å². The lowest BCUT2D eigenvalue weighted by Crippen LogP contribution is -1.87. The molecule has 3 nitrogen and oxygen atoms in total. The Hall–Kier alpha value is -2.86. The van der Waals surface area contributed by atoms with Crippen molar-refractivity contribution in [1.29, 1.82) is 5.26 Å². The molecule has 3 heteroatoms. The van der Waals surface area contributed by atoms with Crippen molar-refractivity contribution in [3.05, 3.63) is 60.3 Å². The number of phenols is 1. The number of benzene rings is 2. The van der Waals surface area contributed by atoms with Gasteiger partial charge in [0.1, 0.15) is 11.8 Å². The second-order valence-corrected chi connectivity index (χ2v) is 4.22. The molecule has 1 N–H and O–H groups in total. The average molecular weight is 246 g/mol. The monoisotopic (exact) mass is 246 g/mol. The van der Waals surface area contributed by atoms with Crippen LogP contribution in [0, 0.1) is 11.3 Å². The van der Waals surface area contributed by atoms with Crippen molar-refractivity contribution in [2.45, 2.75) is 0 Å². The first kappa shape index (κ1) is 11.2. The summed E-state index contributed by atoms with van der Waals surface area (Å²) in [5.74, 6) is 0.221. The van der Waals surface area contributed by atoms with E-state index in [-0.39, 0.29) is 5.75 Å². The molecule has 0 saturated heterocycles. The summed E-state index contributed by atoms with van der Waals surface area (Å²) in [6.45, 7) is 0. The molecular weight excluding hydrogens is 236 g/mol. The average Bonchev–Trinajstić information content (AvgIpc) is 2.46. The van der Waals surface area contributed by atoms with E-state index in [4.69, 9.17) is 5.26 Å². The van der Waals surface area contributed by atoms with E-state index in [9.17, 15) is 5.11 Å².